The first-order chi connectivity index (χ1) is 14.9. The van der Waals surface area contributed by atoms with Gasteiger partial charge >= 0.3 is 0 Å². The molecule has 4 rings (SSSR count). The summed E-state index contributed by atoms with van der Waals surface area (Å²) in [4.78, 5) is 23.7. The van der Waals surface area contributed by atoms with Gasteiger partial charge in [-0.2, -0.15) is 0 Å². The molecule has 0 N–H and O–H groups in total. The van der Waals surface area contributed by atoms with Gasteiger partial charge in [-0.15, -0.1) is 0 Å². The van der Waals surface area contributed by atoms with E-state index < -0.39 is 0 Å². The maximum absolute atomic E-state index is 12.0. The van der Waals surface area contributed by atoms with Gasteiger partial charge in [-0.25, -0.2) is 9.97 Å². The average molecular weight is 419 g/mol. The molecule has 6 heteroatoms. The van der Waals surface area contributed by atoms with E-state index in [1.54, 1.807) is 24.8 Å². The second-order valence-electron chi connectivity index (χ2n) is 8.47. The molecule has 0 bridgehead atoms. The highest BCUT2D eigenvalue weighted by Gasteiger charge is 2.21. The summed E-state index contributed by atoms with van der Waals surface area (Å²) < 4.78 is 7.21. The number of ether oxygens (including phenoxy) is 1. The van der Waals surface area contributed by atoms with Crippen molar-refractivity contribution in [2.24, 2.45) is 7.05 Å². The van der Waals surface area contributed by atoms with Gasteiger partial charge in [0.1, 0.15) is 5.75 Å². The first-order valence-electron chi connectivity index (χ1n) is 10.8. The zero-order valence-electron chi connectivity index (χ0n) is 18.8. The van der Waals surface area contributed by atoms with E-state index in [1.807, 2.05) is 32.2 Å². The van der Waals surface area contributed by atoms with Crippen molar-refractivity contribution in [1.29, 1.82) is 0 Å². The topological polar surface area (TPSA) is 60.2 Å². The molecule has 162 valence electrons. The molecule has 1 aliphatic heterocycles. The summed E-state index contributed by atoms with van der Waals surface area (Å²) in [5.74, 6) is 1.96. The fraction of sp³-hybridized carbons (Fsp3) is 0.400. The number of methoxy groups -OCH3 is 1. The first-order valence-corrected chi connectivity index (χ1v) is 10.8. The number of piperidine rings is 1. The molecule has 1 aliphatic rings. The Morgan fingerprint density at radius 1 is 1.03 bits per heavy atom. The van der Waals surface area contributed by atoms with Crippen LogP contribution in [-0.4, -0.2) is 39.6 Å². The standard InChI is InChI=1S/C25H30N4O2/c1-17-13-18(2)27-25(26-17)22-14-19(5-6-23(22)31-4)16-29-11-8-20(9-12-29)21-7-10-28(3)24(30)15-21/h5-7,10,13-15,20H,8-9,11-12,16H2,1-4H3. The molecule has 1 fully saturated rings. The summed E-state index contributed by atoms with van der Waals surface area (Å²) >= 11 is 0. The van der Waals surface area contributed by atoms with Crippen molar-refractivity contribution in [3.63, 3.8) is 0 Å². The second kappa shape index (κ2) is 9.02. The highest BCUT2D eigenvalue weighted by atomic mass is 16.5. The number of pyridine rings is 1. The summed E-state index contributed by atoms with van der Waals surface area (Å²) in [6.45, 7) is 6.88. The van der Waals surface area contributed by atoms with E-state index in [2.05, 4.69) is 33.1 Å². The zero-order valence-corrected chi connectivity index (χ0v) is 18.8. The number of hydrogen-bond acceptors (Lipinski definition) is 5. The number of aromatic nitrogens is 3. The van der Waals surface area contributed by atoms with Crippen molar-refractivity contribution in [1.82, 2.24) is 19.4 Å². The maximum Gasteiger partial charge on any atom is 0.250 e. The highest BCUT2D eigenvalue weighted by molar-refractivity contribution is 5.65. The summed E-state index contributed by atoms with van der Waals surface area (Å²) in [5, 5.41) is 0. The lowest BCUT2D eigenvalue weighted by Crippen LogP contribution is -2.32. The van der Waals surface area contributed by atoms with Crippen LogP contribution in [0.2, 0.25) is 0 Å². The lowest BCUT2D eigenvalue weighted by Gasteiger charge is -2.32. The highest BCUT2D eigenvalue weighted by Crippen LogP contribution is 2.31. The second-order valence-corrected chi connectivity index (χ2v) is 8.47. The third kappa shape index (κ3) is 4.85. The minimum Gasteiger partial charge on any atom is -0.496 e. The third-order valence-electron chi connectivity index (χ3n) is 6.08. The fourth-order valence-corrected chi connectivity index (χ4v) is 4.38. The Morgan fingerprint density at radius 3 is 2.39 bits per heavy atom. The lowest BCUT2D eigenvalue weighted by atomic mass is 9.90. The van der Waals surface area contributed by atoms with Crippen LogP contribution in [0.3, 0.4) is 0 Å². The largest absolute Gasteiger partial charge is 0.496 e. The molecule has 0 amide bonds. The molecular weight excluding hydrogens is 388 g/mol. The molecule has 1 saturated heterocycles. The molecule has 0 radical (unpaired) electrons. The summed E-state index contributed by atoms with van der Waals surface area (Å²) in [6.07, 6.45) is 4.00. The van der Waals surface area contributed by atoms with E-state index in [1.165, 1.54) is 11.1 Å². The van der Waals surface area contributed by atoms with Gasteiger partial charge in [0.15, 0.2) is 5.82 Å². The molecule has 3 heterocycles. The Bertz CT molecular complexity index is 1110. The summed E-state index contributed by atoms with van der Waals surface area (Å²) in [7, 11) is 3.48. The van der Waals surface area contributed by atoms with Gasteiger partial charge < -0.3 is 9.30 Å². The van der Waals surface area contributed by atoms with E-state index in [-0.39, 0.29) is 5.56 Å². The minimum atomic E-state index is 0.0688. The Labute approximate surface area is 183 Å². The SMILES string of the molecule is COc1ccc(CN2CCC(c3ccn(C)c(=O)c3)CC2)cc1-c1nc(C)cc(C)n1. The maximum atomic E-state index is 12.0. The molecular formula is C25H30N4O2. The van der Waals surface area contributed by atoms with Crippen LogP contribution in [0.4, 0.5) is 0 Å². The van der Waals surface area contributed by atoms with Crippen molar-refractivity contribution < 1.29 is 4.74 Å². The van der Waals surface area contributed by atoms with Crippen LogP contribution in [0.5, 0.6) is 5.75 Å². The zero-order chi connectivity index (χ0) is 22.0. The van der Waals surface area contributed by atoms with Gasteiger partial charge in [0.25, 0.3) is 5.56 Å². The van der Waals surface area contributed by atoms with Gasteiger partial charge in [-0.3, -0.25) is 9.69 Å². The Morgan fingerprint density at radius 2 is 1.74 bits per heavy atom. The van der Waals surface area contributed by atoms with E-state index >= 15 is 0 Å². The van der Waals surface area contributed by atoms with E-state index in [9.17, 15) is 4.79 Å². The molecule has 0 aliphatic carbocycles. The Hall–Kier alpha value is -2.99. The van der Waals surface area contributed by atoms with Crippen molar-refractivity contribution in [2.75, 3.05) is 20.2 Å². The van der Waals surface area contributed by atoms with Gasteiger partial charge in [0.05, 0.1) is 12.7 Å². The number of likely N-dealkylation sites (tertiary alicyclic amines) is 1. The van der Waals surface area contributed by atoms with Crippen LogP contribution in [-0.2, 0) is 13.6 Å². The fourth-order valence-electron chi connectivity index (χ4n) is 4.38. The van der Waals surface area contributed by atoms with Gasteiger partial charge in [-0.1, -0.05) is 6.07 Å². The predicted octanol–water partition coefficient (Wildman–Crippen LogP) is 3.85. The van der Waals surface area contributed by atoms with Gasteiger partial charge in [0.2, 0.25) is 0 Å². The van der Waals surface area contributed by atoms with Crippen LogP contribution in [0, 0.1) is 13.8 Å². The van der Waals surface area contributed by atoms with Gasteiger partial charge in [0, 0.05) is 37.2 Å². The quantitative estimate of drug-likeness (QED) is 0.630. The molecule has 31 heavy (non-hydrogen) atoms. The van der Waals surface area contributed by atoms with E-state index in [0.717, 1.165) is 55.2 Å². The molecule has 6 nitrogen and oxygen atoms in total. The number of aryl methyl sites for hydroxylation is 3. The predicted molar refractivity (Wildman–Crippen MR) is 122 cm³/mol. The molecule has 1 aromatic carbocycles. The average Bonchev–Trinajstić information content (AvgIpc) is 2.75. The molecule has 0 atom stereocenters. The molecule has 0 spiro atoms. The van der Waals surface area contributed by atoms with Crippen molar-refractivity contribution in [3.05, 3.63) is 75.5 Å². The van der Waals surface area contributed by atoms with E-state index in [0.29, 0.717) is 11.7 Å². The smallest absolute Gasteiger partial charge is 0.250 e. The number of rotatable bonds is 5. The number of hydrogen-bond donors (Lipinski definition) is 0. The Balaban J connectivity index is 1.47. The summed E-state index contributed by atoms with van der Waals surface area (Å²) in [5.41, 5.74) is 5.30. The molecule has 0 unspecified atom stereocenters. The monoisotopic (exact) mass is 418 g/mol. The van der Waals surface area contributed by atoms with Crippen molar-refractivity contribution >= 4 is 0 Å². The van der Waals surface area contributed by atoms with Crippen LogP contribution in [0.25, 0.3) is 11.4 Å². The first kappa shape index (κ1) is 21.2. The molecule has 3 aromatic rings. The summed E-state index contributed by atoms with van der Waals surface area (Å²) in [6, 6.07) is 12.1. The van der Waals surface area contributed by atoms with Crippen LogP contribution >= 0.6 is 0 Å². The minimum absolute atomic E-state index is 0.0688. The number of benzene rings is 1. The van der Waals surface area contributed by atoms with Crippen LogP contribution < -0.4 is 10.3 Å². The molecule has 2 aromatic heterocycles. The van der Waals surface area contributed by atoms with Crippen LogP contribution in [0.15, 0.2) is 47.4 Å². The van der Waals surface area contributed by atoms with Crippen LogP contribution in [0.1, 0.15) is 41.3 Å². The van der Waals surface area contributed by atoms with E-state index in [4.69, 9.17) is 4.74 Å². The van der Waals surface area contributed by atoms with Gasteiger partial charge in [-0.05, 0) is 81.1 Å². The normalized spacial score (nSPS) is 15.2. The number of nitrogens with zero attached hydrogens (tertiary/aromatic N) is 4. The third-order valence-corrected chi connectivity index (χ3v) is 6.08. The molecule has 0 saturated carbocycles. The van der Waals surface area contributed by atoms with Crippen molar-refractivity contribution in [3.8, 4) is 17.1 Å². The Kier molecular flexibility index (Phi) is 6.18. The lowest BCUT2D eigenvalue weighted by molar-refractivity contribution is 0.204. The van der Waals surface area contributed by atoms with Crippen molar-refractivity contribution in [2.45, 2.75) is 39.2 Å².